The van der Waals surface area contributed by atoms with E-state index < -0.39 is 41.5 Å². The Hall–Kier alpha value is -4.06. The second-order valence-corrected chi connectivity index (χ2v) is 10.5. The molecule has 2 aliphatic rings. The van der Waals surface area contributed by atoms with Gasteiger partial charge in [0.2, 0.25) is 11.8 Å². The van der Waals surface area contributed by atoms with Crippen molar-refractivity contribution in [2.75, 3.05) is 14.2 Å². The lowest BCUT2D eigenvalue weighted by atomic mass is 9.75. The molecule has 2 aromatic rings. The molecule has 0 radical (unpaired) electrons. The van der Waals surface area contributed by atoms with Gasteiger partial charge in [0.05, 0.1) is 18.9 Å². The lowest BCUT2D eigenvalue weighted by Gasteiger charge is -2.33. The third kappa shape index (κ3) is 6.17. The number of carboxylic acids is 1. The van der Waals surface area contributed by atoms with Gasteiger partial charge in [-0.05, 0) is 36.0 Å². The highest BCUT2D eigenvalue weighted by atomic mass is 19.4. The van der Waals surface area contributed by atoms with Crippen molar-refractivity contribution in [1.29, 1.82) is 0 Å². The number of hydrogen-bond donors (Lipinski definition) is 2. The van der Waals surface area contributed by atoms with Gasteiger partial charge in [-0.25, -0.2) is 4.79 Å². The zero-order valence-electron chi connectivity index (χ0n) is 23.1. The average molecular weight is 577 g/mol. The van der Waals surface area contributed by atoms with E-state index in [1.165, 1.54) is 21.1 Å². The average Bonchev–Trinajstić information content (AvgIpc) is 3.37. The number of esters is 1. The standard InChI is InChI=1S/C27H30N2O5.C2HF3O2/c1-15(2)14-27(26(33)34-5)22-21(24(31)29(4)25(22)32)23(28-27)20-12-10-19(11-13-20)18-8-6-17(7-9-18)16(3)30;3-2(4,5)1(6)7/h6-13,15,21-23,28H,14H2,1-5H3;(H,6,7)/t21?,22?,23?,27-;/m1./s1. The Balaban J connectivity index is 0.000000587. The number of amides is 2. The van der Waals surface area contributed by atoms with Crippen LogP contribution in [0, 0.1) is 17.8 Å². The molecule has 220 valence electrons. The third-order valence-electron chi connectivity index (χ3n) is 7.29. The van der Waals surface area contributed by atoms with Crippen LogP contribution in [0.25, 0.3) is 11.1 Å². The van der Waals surface area contributed by atoms with E-state index in [-0.39, 0.29) is 23.5 Å². The summed E-state index contributed by atoms with van der Waals surface area (Å²) >= 11 is 0. The normalized spacial score (nSPS) is 23.6. The summed E-state index contributed by atoms with van der Waals surface area (Å²) in [5, 5.41) is 10.5. The number of imide groups is 1. The molecule has 2 saturated heterocycles. The monoisotopic (exact) mass is 576 g/mol. The van der Waals surface area contributed by atoms with Crippen molar-refractivity contribution in [3.05, 3.63) is 59.7 Å². The molecule has 2 aliphatic heterocycles. The Morgan fingerprint density at radius 1 is 1.00 bits per heavy atom. The molecular formula is C29H31F3N2O7. The number of Topliss-reactive ketones (excluding diaryl/α,β-unsaturated/α-hetero) is 1. The Morgan fingerprint density at radius 2 is 1.49 bits per heavy atom. The van der Waals surface area contributed by atoms with E-state index in [0.29, 0.717) is 12.0 Å². The van der Waals surface area contributed by atoms with Crippen LogP contribution in [0.5, 0.6) is 0 Å². The van der Waals surface area contributed by atoms with Crippen LogP contribution in [-0.4, -0.2) is 65.4 Å². The summed E-state index contributed by atoms with van der Waals surface area (Å²) in [6.45, 7) is 5.49. The van der Waals surface area contributed by atoms with Gasteiger partial charge in [0.25, 0.3) is 0 Å². The van der Waals surface area contributed by atoms with Crippen LogP contribution >= 0.6 is 0 Å². The minimum absolute atomic E-state index is 0.0139. The molecule has 2 heterocycles. The number of methoxy groups -OCH3 is 1. The van der Waals surface area contributed by atoms with Gasteiger partial charge < -0.3 is 9.84 Å². The first-order valence-electron chi connectivity index (χ1n) is 12.7. The lowest BCUT2D eigenvalue weighted by molar-refractivity contribution is -0.192. The van der Waals surface area contributed by atoms with Crippen molar-refractivity contribution in [2.24, 2.45) is 17.8 Å². The van der Waals surface area contributed by atoms with Gasteiger partial charge in [-0.1, -0.05) is 62.4 Å². The van der Waals surface area contributed by atoms with Crippen molar-refractivity contribution in [3.63, 3.8) is 0 Å². The van der Waals surface area contributed by atoms with Gasteiger partial charge in [0.1, 0.15) is 5.54 Å². The molecule has 0 saturated carbocycles. The molecule has 2 amide bonds. The predicted octanol–water partition coefficient (Wildman–Crippen LogP) is 4.02. The zero-order valence-corrected chi connectivity index (χ0v) is 23.1. The van der Waals surface area contributed by atoms with Crippen molar-refractivity contribution in [1.82, 2.24) is 10.2 Å². The number of benzene rings is 2. The minimum Gasteiger partial charge on any atom is -0.475 e. The van der Waals surface area contributed by atoms with Crippen LogP contribution < -0.4 is 5.32 Å². The summed E-state index contributed by atoms with van der Waals surface area (Å²) in [4.78, 5) is 60.9. The van der Waals surface area contributed by atoms with Gasteiger partial charge in [-0.3, -0.25) is 29.4 Å². The fourth-order valence-electron chi connectivity index (χ4n) is 5.50. The molecule has 4 atom stereocenters. The summed E-state index contributed by atoms with van der Waals surface area (Å²) < 4.78 is 36.9. The largest absolute Gasteiger partial charge is 0.490 e. The number of ether oxygens (including phenoxy) is 1. The number of nitrogens with zero attached hydrogens (tertiary/aromatic N) is 1. The molecule has 41 heavy (non-hydrogen) atoms. The Bertz CT molecular complexity index is 1340. The number of carboxylic acid groups (broad SMARTS) is 1. The minimum atomic E-state index is -5.08. The van der Waals surface area contributed by atoms with E-state index in [4.69, 9.17) is 14.6 Å². The molecule has 3 unspecified atom stereocenters. The highest BCUT2D eigenvalue weighted by molar-refractivity contribution is 6.09. The van der Waals surface area contributed by atoms with E-state index in [2.05, 4.69) is 5.32 Å². The number of likely N-dealkylation sites (tertiary alicyclic amines) is 1. The highest BCUT2D eigenvalue weighted by Gasteiger charge is 2.68. The van der Waals surface area contributed by atoms with Crippen molar-refractivity contribution in [3.8, 4) is 11.1 Å². The first kappa shape index (κ1) is 31.5. The number of hydrogen-bond acceptors (Lipinski definition) is 7. The summed E-state index contributed by atoms with van der Waals surface area (Å²) in [6, 6.07) is 14.6. The van der Waals surface area contributed by atoms with Gasteiger partial charge >= 0.3 is 18.1 Å². The van der Waals surface area contributed by atoms with E-state index in [1.54, 1.807) is 12.1 Å². The number of aliphatic carboxylic acids is 1. The number of rotatable bonds is 6. The summed E-state index contributed by atoms with van der Waals surface area (Å²) in [6.07, 6.45) is -4.70. The maximum atomic E-state index is 13.1. The third-order valence-corrected chi connectivity index (χ3v) is 7.29. The van der Waals surface area contributed by atoms with Gasteiger partial charge in [0.15, 0.2) is 5.78 Å². The predicted molar refractivity (Wildman–Crippen MR) is 140 cm³/mol. The highest BCUT2D eigenvalue weighted by Crippen LogP contribution is 2.51. The van der Waals surface area contributed by atoms with Crippen LogP contribution in [0.4, 0.5) is 13.2 Å². The maximum Gasteiger partial charge on any atom is 0.490 e. The van der Waals surface area contributed by atoms with Crippen molar-refractivity contribution >= 4 is 29.5 Å². The molecule has 12 heteroatoms. The van der Waals surface area contributed by atoms with Crippen LogP contribution in [0.3, 0.4) is 0 Å². The second-order valence-electron chi connectivity index (χ2n) is 10.5. The fourth-order valence-corrected chi connectivity index (χ4v) is 5.50. The van der Waals surface area contributed by atoms with Crippen molar-refractivity contribution in [2.45, 2.75) is 44.9 Å². The molecule has 4 rings (SSSR count). The Kier molecular flexibility index (Phi) is 9.07. The molecule has 2 aromatic carbocycles. The quantitative estimate of drug-likeness (QED) is 0.300. The van der Waals surface area contributed by atoms with Crippen LogP contribution in [-0.2, 0) is 23.9 Å². The number of alkyl halides is 3. The van der Waals surface area contributed by atoms with Crippen molar-refractivity contribution < 1.29 is 47.0 Å². The van der Waals surface area contributed by atoms with Crippen LogP contribution in [0.2, 0.25) is 0 Å². The maximum absolute atomic E-state index is 13.1. The molecule has 0 aromatic heterocycles. The number of carbonyl (C=O) groups is 5. The van der Waals surface area contributed by atoms with Gasteiger partial charge in [-0.15, -0.1) is 0 Å². The molecular weight excluding hydrogens is 545 g/mol. The molecule has 2 fully saturated rings. The van der Waals surface area contributed by atoms with E-state index in [1.807, 2.05) is 50.2 Å². The zero-order chi connectivity index (χ0) is 30.9. The van der Waals surface area contributed by atoms with Crippen LogP contribution in [0.15, 0.2) is 48.5 Å². The van der Waals surface area contributed by atoms with E-state index >= 15 is 0 Å². The molecule has 0 bridgehead atoms. The number of nitrogens with one attached hydrogen (secondary N) is 1. The molecule has 0 aliphatic carbocycles. The summed E-state index contributed by atoms with van der Waals surface area (Å²) in [5.41, 5.74) is 2.13. The summed E-state index contributed by atoms with van der Waals surface area (Å²) in [7, 11) is 2.79. The lowest BCUT2D eigenvalue weighted by Crippen LogP contribution is -2.56. The van der Waals surface area contributed by atoms with E-state index in [9.17, 15) is 32.3 Å². The number of fused-ring (bicyclic) bond motifs is 1. The number of ketones is 1. The first-order valence-corrected chi connectivity index (χ1v) is 12.7. The fraction of sp³-hybridized carbons (Fsp3) is 0.414. The molecule has 0 spiro atoms. The number of halogens is 3. The van der Waals surface area contributed by atoms with Crippen LogP contribution in [0.1, 0.15) is 49.2 Å². The van der Waals surface area contributed by atoms with Gasteiger partial charge in [0, 0.05) is 18.7 Å². The Morgan fingerprint density at radius 3 is 1.90 bits per heavy atom. The topological polar surface area (TPSA) is 130 Å². The molecule has 9 nitrogen and oxygen atoms in total. The summed E-state index contributed by atoms with van der Waals surface area (Å²) in [5.74, 6) is -5.30. The first-order chi connectivity index (χ1) is 19.0. The Labute approximate surface area is 234 Å². The second kappa shape index (κ2) is 11.8. The SMILES string of the molecule is COC(=O)[C@]1(CC(C)C)NC(c2ccc(-c3ccc(C(C)=O)cc3)cc2)C2C(=O)N(C)C(=O)C21.O=C(O)C(F)(F)F. The number of carbonyl (C=O) groups excluding carboxylic acids is 4. The smallest absolute Gasteiger partial charge is 0.475 e. The van der Waals surface area contributed by atoms with E-state index in [0.717, 1.165) is 21.6 Å². The van der Waals surface area contributed by atoms with Gasteiger partial charge in [-0.2, -0.15) is 13.2 Å². The molecule has 2 N–H and O–H groups in total.